The number of aliphatic imine (C=N–C) groups is 1. The summed E-state index contributed by atoms with van der Waals surface area (Å²) in [6.45, 7) is 8.24. The van der Waals surface area contributed by atoms with E-state index in [0.717, 1.165) is 56.7 Å². The van der Waals surface area contributed by atoms with Gasteiger partial charge in [-0.2, -0.15) is 0 Å². The summed E-state index contributed by atoms with van der Waals surface area (Å²) < 4.78 is 12.1. The van der Waals surface area contributed by atoms with Gasteiger partial charge >= 0.3 is 0 Å². The lowest BCUT2D eigenvalue weighted by atomic mass is 10.0. The predicted octanol–water partition coefficient (Wildman–Crippen LogP) is 5.10. The Morgan fingerprint density at radius 1 is 1.31 bits per heavy atom. The third kappa shape index (κ3) is 5.57. The van der Waals surface area contributed by atoms with E-state index in [9.17, 15) is 0 Å². The second kappa shape index (κ2) is 10.8. The molecule has 0 radical (unpaired) electrons. The highest BCUT2D eigenvalue weighted by molar-refractivity contribution is 5.59. The second-order valence-corrected chi connectivity index (χ2v) is 8.77. The van der Waals surface area contributed by atoms with E-state index in [1.165, 1.54) is 16.7 Å². The van der Waals surface area contributed by atoms with Crippen LogP contribution in [0.25, 0.3) is 0 Å². The maximum Gasteiger partial charge on any atom is 0.213 e. The fourth-order valence-corrected chi connectivity index (χ4v) is 4.37. The lowest BCUT2D eigenvalue weighted by molar-refractivity contribution is 0.165. The molecule has 0 saturated carbocycles. The van der Waals surface area contributed by atoms with Crippen LogP contribution in [0.4, 0.5) is 0 Å². The Kier molecular flexibility index (Phi) is 7.59. The van der Waals surface area contributed by atoms with E-state index >= 15 is 0 Å². The molecule has 3 aliphatic rings. The molecule has 0 fully saturated rings. The molecule has 1 aliphatic carbocycles. The first-order valence-electron chi connectivity index (χ1n) is 11.9. The Morgan fingerprint density at radius 3 is 3.09 bits per heavy atom. The van der Waals surface area contributed by atoms with Crippen LogP contribution < -0.4 is 10.1 Å². The fourth-order valence-electron chi connectivity index (χ4n) is 4.37. The number of aromatic nitrogens is 1. The molecule has 2 aliphatic heterocycles. The third-order valence-corrected chi connectivity index (χ3v) is 6.50. The molecule has 0 saturated heterocycles. The van der Waals surface area contributed by atoms with Gasteiger partial charge in [0, 0.05) is 61.9 Å². The predicted molar refractivity (Wildman–Crippen MR) is 130 cm³/mol. The van der Waals surface area contributed by atoms with Gasteiger partial charge in [0.25, 0.3) is 0 Å². The van der Waals surface area contributed by atoms with Crippen molar-refractivity contribution >= 4 is 6.21 Å². The van der Waals surface area contributed by atoms with Crippen molar-refractivity contribution in [1.29, 1.82) is 0 Å². The molecule has 5 heteroatoms. The first-order chi connectivity index (χ1) is 15.6. The molecule has 32 heavy (non-hydrogen) atoms. The normalized spacial score (nSPS) is 23.3. The van der Waals surface area contributed by atoms with Crippen molar-refractivity contribution < 1.29 is 9.47 Å². The molecule has 5 nitrogen and oxygen atoms in total. The Morgan fingerprint density at radius 2 is 2.22 bits per heavy atom. The topological polar surface area (TPSA) is 55.7 Å². The van der Waals surface area contributed by atoms with Crippen LogP contribution in [0.5, 0.6) is 5.88 Å². The van der Waals surface area contributed by atoms with E-state index in [4.69, 9.17) is 14.5 Å². The molecule has 3 atom stereocenters. The van der Waals surface area contributed by atoms with E-state index in [-0.39, 0.29) is 12.1 Å². The van der Waals surface area contributed by atoms with Crippen LogP contribution in [0.1, 0.15) is 51.3 Å². The first kappa shape index (κ1) is 22.5. The molecular weight excluding hydrogens is 398 g/mol. The monoisotopic (exact) mass is 433 g/mol. The Bertz CT molecular complexity index is 958. The largest absolute Gasteiger partial charge is 0.493 e. The molecule has 170 valence electrons. The van der Waals surface area contributed by atoms with Gasteiger partial charge in [-0.15, -0.1) is 0 Å². The highest BCUT2D eigenvalue weighted by atomic mass is 16.5. The quantitative estimate of drug-likeness (QED) is 0.620. The lowest BCUT2D eigenvalue weighted by Gasteiger charge is -2.21. The van der Waals surface area contributed by atoms with Crippen LogP contribution in [0.2, 0.25) is 0 Å². The fraction of sp³-hybridized carbons (Fsp3) is 0.481. The van der Waals surface area contributed by atoms with Gasteiger partial charge in [0.1, 0.15) is 11.9 Å². The summed E-state index contributed by atoms with van der Waals surface area (Å²) in [5.41, 5.74) is 5.10. The van der Waals surface area contributed by atoms with E-state index in [1.807, 2.05) is 18.5 Å². The summed E-state index contributed by atoms with van der Waals surface area (Å²) >= 11 is 0. The standard InChI is InChI=1S/C27H35N3O2/c1-4-21-8-9-27(32-25-12-15-28-14-10-19(25)2)30-24(21)11-16-29-20(3)23-7-5-6-22-13-17-31-26(22)18-23/h5-6,8-10,14-15,18-20,25,29H,4,7,11-13,16-17H2,1-3H3/t19-,20-,25+/m0/s1. The van der Waals surface area contributed by atoms with Gasteiger partial charge in [0.15, 0.2) is 0 Å². The molecule has 1 N–H and O–H groups in total. The Hall–Kier alpha value is -2.66. The maximum atomic E-state index is 6.25. The molecule has 0 bridgehead atoms. The van der Waals surface area contributed by atoms with Crippen LogP contribution >= 0.6 is 0 Å². The minimum absolute atomic E-state index is 0.0655. The van der Waals surface area contributed by atoms with Gasteiger partial charge in [-0.05, 0) is 42.6 Å². The summed E-state index contributed by atoms with van der Waals surface area (Å²) in [5, 5.41) is 3.69. The zero-order valence-corrected chi connectivity index (χ0v) is 19.5. The molecule has 1 aromatic heterocycles. The SMILES string of the molecule is CCc1ccc(O[C@@H]2CC=NC=C[C@@H]2C)nc1CCN[C@@H](C)C1=CC2=C(C=CC1)CCO2. The molecule has 0 spiro atoms. The molecular formula is C27H35N3O2. The van der Waals surface area contributed by atoms with Gasteiger partial charge in [0.2, 0.25) is 5.88 Å². The van der Waals surface area contributed by atoms with Crippen LogP contribution in [0.15, 0.2) is 64.5 Å². The van der Waals surface area contributed by atoms with Crippen molar-refractivity contribution in [1.82, 2.24) is 10.3 Å². The number of ether oxygens (including phenoxy) is 2. The summed E-state index contributed by atoms with van der Waals surface area (Å²) in [6.07, 6.45) is 17.3. The van der Waals surface area contributed by atoms with Gasteiger partial charge in [-0.1, -0.05) is 38.1 Å². The number of nitrogens with zero attached hydrogens (tertiary/aromatic N) is 2. The van der Waals surface area contributed by atoms with Crippen molar-refractivity contribution in [3.05, 3.63) is 70.8 Å². The smallest absolute Gasteiger partial charge is 0.213 e. The number of allylic oxidation sites excluding steroid dienone is 3. The van der Waals surface area contributed by atoms with Crippen LogP contribution in [-0.4, -0.2) is 36.5 Å². The van der Waals surface area contributed by atoms with E-state index in [2.05, 4.69) is 61.5 Å². The number of rotatable bonds is 8. The number of nitrogens with one attached hydrogen (secondary N) is 1. The molecule has 4 rings (SSSR count). The highest BCUT2D eigenvalue weighted by Gasteiger charge is 2.20. The van der Waals surface area contributed by atoms with Gasteiger partial charge in [-0.25, -0.2) is 4.98 Å². The Labute approximate surface area is 192 Å². The minimum atomic E-state index is 0.0655. The van der Waals surface area contributed by atoms with E-state index in [1.54, 1.807) is 0 Å². The van der Waals surface area contributed by atoms with Crippen molar-refractivity contribution in [3.8, 4) is 5.88 Å². The van der Waals surface area contributed by atoms with E-state index < -0.39 is 0 Å². The maximum absolute atomic E-state index is 6.25. The summed E-state index contributed by atoms with van der Waals surface area (Å²) in [5.74, 6) is 2.06. The van der Waals surface area contributed by atoms with Crippen LogP contribution in [-0.2, 0) is 17.6 Å². The first-order valence-corrected chi connectivity index (χ1v) is 11.9. The van der Waals surface area contributed by atoms with Crippen molar-refractivity contribution in [2.75, 3.05) is 13.2 Å². The van der Waals surface area contributed by atoms with E-state index in [0.29, 0.717) is 11.8 Å². The van der Waals surface area contributed by atoms with Crippen molar-refractivity contribution in [2.45, 2.75) is 65.0 Å². The molecule has 1 aromatic rings. The summed E-state index contributed by atoms with van der Waals surface area (Å²) in [4.78, 5) is 9.13. The zero-order chi connectivity index (χ0) is 22.3. The summed E-state index contributed by atoms with van der Waals surface area (Å²) in [6, 6.07) is 4.46. The average molecular weight is 434 g/mol. The number of hydrogen-bond donors (Lipinski definition) is 1. The summed E-state index contributed by atoms with van der Waals surface area (Å²) in [7, 11) is 0. The molecule has 3 heterocycles. The lowest BCUT2D eigenvalue weighted by Crippen LogP contribution is -2.30. The minimum Gasteiger partial charge on any atom is -0.493 e. The average Bonchev–Trinajstić information content (AvgIpc) is 3.00. The number of aryl methyl sites for hydroxylation is 1. The highest BCUT2D eigenvalue weighted by Crippen LogP contribution is 2.27. The van der Waals surface area contributed by atoms with Gasteiger partial charge in [0.05, 0.1) is 6.61 Å². The zero-order valence-electron chi connectivity index (χ0n) is 19.5. The number of hydrogen-bond acceptors (Lipinski definition) is 5. The van der Waals surface area contributed by atoms with Crippen molar-refractivity contribution in [2.24, 2.45) is 10.9 Å². The second-order valence-electron chi connectivity index (χ2n) is 8.77. The number of pyridine rings is 1. The molecule has 0 amide bonds. The van der Waals surface area contributed by atoms with Gasteiger partial charge in [-0.3, -0.25) is 4.99 Å². The van der Waals surface area contributed by atoms with Crippen LogP contribution in [0.3, 0.4) is 0 Å². The third-order valence-electron chi connectivity index (χ3n) is 6.50. The molecule has 0 aromatic carbocycles. The van der Waals surface area contributed by atoms with Gasteiger partial charge < -0.3 is 14.8 Å². The molecule has 0 unspecified atom stereocenters. The van der Waals surface area contributed by atoms with Crippen LogP contribution in [0, 0.1) is 5.92 Å². The Balaban J connectivity index is 1.37. The van der Waals surface area contributed by atoms with Crippen molar-refractivity contribution in [3.63, 3.8) is 0 Å².